The van der Waals surface area contributed by atoms with Crippen molar-refractivity contribution in [2.45, 2.75) is 204 Å². The van der Waals surface area contributed by atoms with E-state index >= 15 is 35.1 Å². The highest BCUT2D eigenvalue weighted by molar-refractivity contribution is 5.88. The number of imidazole rings is 4. The van der Waals surface area contributed by atoms with Crippen LogP contribution < -0.4 is 40.9 Å². The van der Waals surface area contributed by atoms with Crippen LogP contribution in [0.3, 0.4) is 0 Å². The summed E-state index contributed by atoms with van der Waals surface area (Å²) in [6, 6.07) is 12.1. The van der Waals surface area contributed by atoms with Crippen LogP contribution in [-0.2, 0) is 19.1 Å². The Morgan fingerprint density at radius 3 is 0.967 bits per heavy atom. The van der Waals surface area contributed by atoms with Crippen molar-refractivity contribution in [2.24, 2.45) is 11.8 Å². The molecular weight excluding hydrogens is 1560 g/mol. The number of amides is 4. The Kier molecular flexibility index (Phi) is 23.1. The molecule has 120 heavy (non-hydrogen) atoms. The number of ether oxygens (including phenoxy) is 2. The standard InChI is InChI=1S/C51H62F4N10O6.C37H40F4N8/c1-26(2)43(60-50(68)70-5)48(66)63-18-10-12-41(63)46-56-35-22-29(31(52)24-37(35)58-46)39-14-15-40(65(39)28-20-33(54)45(34(55)21-28)62-16-8-7-9-17-62)30-23-36-38(25-32(30)53)59-47(57-36)42-13-11-19-64(42)49(67)44(27(3)4)61-51(69)71-6;38-23-18-31-29(44-36(46-31)27-6-4-10-42-27)16-21(23)33-8-9-34(22-17-30-32(19-24(22)39)47-37(45-30)28-7-5-11-43-28)49(33)20-14-25(40)35(26(41)15-20)48-12-2-1-3-13-48/h20-27,39-44H,7-19H2,1-6H3,(H,56,58)(H,57,59)(H,60,68)(H,61,69);14-19,27-28,33-34,42-43H,1-13H2,(H,44,46)(H,45,47)/t39-,40-,41?,42?,43+,44+;27?,28?,33-,34-/m11/s1. The third-order valence-corrected chi connectivity index (χ3v) is 25.9. The fourth-order valence-electron chi connectivity index (χ4n) is 20.0. The first-order valence-corrected chi connectivity index (χ1v) is 42.5. The number of nitrogens with zero attached hydrogens (tertiary/aromatic N) is 10. The van der Waals surface area contributed by atoms with Gasteiger partial charge in [-0.05, 0) is 189 Å². The molecule has 0 saturated carbocycles. The molecule has 4 unspecified atom stereocenters. The highest BCUT2D eigenvalue weighted by Gasteiger charge is 2.45. The number of halogens is 8. The molecule has 8 saturated heterocycles. The predicted octanol–water partition coefficient (Wildman–Crippen LogP) is 17.1. The van der Waals surface area contributed by atoms with Crippen LogP contribution in [0.4, 0.5) is 67.5 Å². The van der Waals surface area contributed by atoms with E-state index in [0.29, 0.717) is 145 Å². The molecule has 8 aliphatic rings. The Hall–Kier alpha value is -10.8. The lowest BCUT2D eigenvalue weighted by atomic mass is 10.0. The van der Waals surface area contributed by atoms with E-state index in [0.717, 1.165) is 88.9 Å². The molecule has 8 aliphatic heterocycles. The molecule has 24 nitrogen and oxygen atoms in total. The van der Waals surface area contributed by atoms with Crippen LogP contribution in [-0.4, -0.2) is 152 Å². The molecular formula is C88H102F8N18O6. The lowest BCUT2D eigenvalue weighted by Gasteiger charge is -2.35. The number of carbonyl (C=O) groups is 4. The van der Waals surface area contributed by atoms with Gasteiger partial charge in [0, 0.05) is 97.2 Å². The van der Waals surface area contributed by atoms with Crippen molar-refractivity contribution in [1.29, 1.82) is 0 Å². The molecule has 0 spiro atoms. The number of anilines is 4. The van der Waals surface area contributed by atoms with Crippen molar-refractivity contribution in [3.05, 3.63) is 165 Å². The molecule has 0 aliphatic carbocycles. The molecule has 636 valence electrons. The largest absolute Gasteiger partial charge is 0.453 e. The van der Waals surface area contributed by atoms with Crippen molar-refractivity contribution in [1.82, 2.24) is 70.9 Å². The number of benzene rings is 6. The Balaban J connectivity index is 0.000000182. The van der Waals surface area contributed by atoms with E-state index in [-0.39, 0.29) is 82.5 Å². The molecule has 6 aromatic carbocycles. The highest BCUT2D eigenvalue weighted by Crippen LogP contribution is 2.53. The van der Waals surface area contributed by atoms with E-state index in [2.05, 4.69) is 51.2 Å². The number of fused-ring (bicyclic) bond motifs is 4. The maximum Gasteiger partial charge on any atom is 0.407 e. The second kappa shape index (κ2) is 34.0. The van der Waals surface area contributed by atoms with Crippen molar-refractivity contribution >= 4 is 90.9 Å². The Labute approximate surface area is 689 Å². The lowest BCUT2D eigenvalue weighted by molar-refractivity contribution is -0.136. The number of carbonyl (C=O) groups excluding carboxylic acids is 4. The monoisotopic (exact) mass is 1660 g/mol. The van der Waals surface area contributed by atoms with Crippen molar-refractivity contribution in [2.75, 3.05) is 86.2 Å². The van der Waals surface area contributed by atoms with Crippen molar-refractivity contribution < 1.29 is 63.8 Å². The topological polar surface area (TPSA) is 269 Å². The average molecular weight is 1660 g/mol. The molecule has 4 amide bonds. The summed E-state index contributed by atoms with van der Waals surface area (Å²) in [7, 11) is 2.46. The summed E-state index contributed by atoms with van der Waals surface area (Å²) < 4.78 is 140. The zero-order chi connectivity index (χ0) is 83.6. The fraction of sp³-hybridized carbons (Fsp3) is 0.500. The second-order valence-corrected chi connectivity index (χ2v) is 34.1. The van der Waals surface area contributed by atoms with Crippen LogP contribution in [0.15, 0.2) is 72.8 Å². The van der Waals surface area contributed by atoms with Gasteiger partial charge in [-0.2, -0.15) is 0 Å². The van der Waals surface area contributed by atoms with Crippen LogP contribution in [0.5, 0.6) is 0 Å². The zero-order valence-electron chi connectivity index (χ0n) is 68.2. The first-order valence-electron chi connectivity index (χ1n) is 42.5. The van der Waals surface area contributed by atoms with Gasteiger partial charge in [0.05, 0.1) is 107 Å². The molecule has 32 heteroatoms. The number of hydrogen-bond acceptors (Lipinski definition) is 16. The number of H-pyrrole nitrogens is 4. The van der Waals surface area contributed by atoms with Gasteiger partial charge in [-0.15, -0.1) is 0 Å². The van der Waals surface area contributed by atoms with Crippen LogP contribution in [0, 0.1) is 58.4 Å². The van der Waals surface area contributed by atoms with Gasteiger partial charge >= 0.3 is 12.2 Å². The van der Waals surface area contributed by atoms with Crippen molar-refractivity contribution in [3.8, 4) is 0 Å². The molecule has 10 aromatic rings. The maximum atomic E-state index is 16.8. The normalized spacial score (nSPS) is 22.8. The minimum absolute atomic E-state index is 0.0352. The quantitative estimate of drug-likeness (QED) is 0.0371. The van der Waals surface area contributed by atoms with Crippen molar-refractivity contribution in [3.63, 3.8) is 0 Å². The smallest absolute Gasteiger partial charge is 0.407 e. The number of hydrogen-bond donors (Lipinski definition) is 8. The highest BCUT2D eigenvalue weighted by atomic mass is 19.2. The van der Waals surface area contributed by atoms with Crippen LogP contribution in [0.25, 0.3) is 44.1 Å². The van der Waals surface area contributed by atoms with Crippen LogP contribution in [0.2, 0.25) is 0 Å². The number of nitrogens with one attached hydrogen (secondary N) is 8. The Bertz CT molecular complexity index is 5210. The Morgan fingerprint density at radius 1 is 0.367 bits per heavy atom. The molecule has 4 aromatic heterocycles. The van der Waals surface area contributed by atoms with Crippen LogP contribution >= 0.6 is 0 Å². The Morgan fingerprint density at radius 2 is 0.675 bits per heavy atom. The number of alkyl carbamates (subject to hydrolysis) is 2. The number of methoxy groups -OCH3 is 2. The summed E-state index contributed by atoms with van der Waals surface area (Å²) in [4.78, 5) is 94.8. The SMILES string of the molecule is COC(=O)N[C@H](C(=O)N1CCCC1c1nc2cc(F)c([C@H]3CC[C@H](c4cc5[nH]c(C6CCCN6C(=O)[C@@H](NC(=O)OC)C(C)C)nc5cc4F)N3c3cc(F)c(N4CCCCC4)c(F)c3)cc2[nH]1)C(C)C.Fc1cc2nc(C3CCCN3)[nH]c2cc1[C@H]1CC[C@H](c2cc3[nH]c(C4CCCN4)nc3cc2F)N1c1cc(F)c(N2CCCCC2)c(F)c1. The molecule has 12 heterocycles. The van der Waals surface area contributed by atoms with Gasteiger partial charge in [-0.3, -0.25) is 9.59 Å². The number of aromatic amines is 4. The van der Waals surface area contributed by atoms with Gasteiger partial charge in [0.2, 0.25) is 11.8 Å². The summed E-state index contributed by atoms with van der Waals surface area (Å²) in [6.07, 6.45) is 11.8. The number of likely N-dealkylation sites (tertiary alicyclic amines) is 2. The third-order valence-electron chi connectivity index (χ3n) is 25.9. The molecule has 10 atom stereocenters. The number of aromatic nitrogens is 8. The maximum absolute atomic E-state index is 16.8. The van der Waals surface area contributed by atoms with Crippen LogP contribution in [0.1, 0.15) is 237 Å². The summed E-state index contributed by atoms with van der Waals surface area (Å²) >= 11 is 0. The molecule has 8 fully saturated rings. The summed E-state index contributed by atoms with van der Waals surface area (Å²) in [5.74, 6) is -3.69. The van der Waals surface area contributed by atoms with E-state index in [1.54, 1.807) is 48.8 Å². The van der Waals surface area contributed by atoms with Gasteiger partial charge in [-0.25, -0.2) is 64.6 Å². The molecule has 8 N–H and O–H groups in total. The third kappa shape index (κ3) is 15.7. The van der Waals surface area contributed by atoms with Gasteiger partial charge in [0.1, 0.15) is 70.0 Å². The predicted molar refractivity (Wildman–Crippen MR) is 439 cm³/mol. The molecule has 0 bridgehead atoms. The van der Waals surface area contributed by atoms with Gasteiger partial charge < -0.3 is 80.1 Å². The van der Waals surface area contributed by atoms with E-state index in [9.17, 15) is 19.2 Å². The molecule has 18 rings (SSSR count). The van der Waals surface area contributed by atoms with E-state index in [4.69, 9.17) is 19.4 Å². The summed E-state index contributed by atoms with van der Waals surface area (Å²) in [5.41, 5.74) is 5.38. The minimum atomic E-state index is -0.851. The number of piperidine rings is 2. The summed E-state index contributed by atoms with van der Waals surface area (Å²) in [6.45, 7) is 12.1. The van der Waals surface area contributed by atoms with Gasteiger partial charge in [-0.1, -0.05) is 27.7 Å². The van der Waals surface area contributed by atoms with E-state index < -0.39 is 107 Å². The zero-order valence-corrected chi connectivity index (χ0v) is 68.2. The van der Waals surface area contributed by atoms with Gasteiger partial charge in [0.25, 0.3) is 0 Å². The van der Waals surface area contributed by atoms with E-state index in [1.807, 2.05) is 32.6 Å². The molecule has 0 radical (unpaired) electrons. The summed E-state index contributed by atoms with van der Waals surface area (Å²) in [5, 5.41) is 12.2. The lowest BCUT2D eigenvalue weighted by Crippen LogP contribution is -2.51. The van der Waals surface area contributed by atoms with E-state index in [1.165, 1.54) is 62.8 Å². The first kappa shape index (κ1) is 81.6. The first-order chi connectivity index (χ1) is 58.0. The fourth-order valence-corrected chi connectivity index (χ4v) is 20.0. The second-order valence-electron chi connectivity index (χ2n) is 34.1. The number of rotatable bonds is 18. The van der Waals surface area contributed by atoms with Gasteiger partial charge in [0.15, 0.2) is 23.3 Å². The minimum Gasteiger partial charge on any atom is -0.453 e. The average Bonchev–Trinajstić information content (AvgIpc) is 1.54.